The van der Waals surface area contributed by atoms with Gasteiger partial charge in [0.05, 0.1) is 11.7 Å². The van der Waals surface area contributed by atoms with Gasteiger partial charge in [-0.05, 0) is 34.0 Å². The fourth-order valence-corrected chi connectivity index (χ4v) is 1.33. The van der Waals surface area contributed by atoms with Gasteiger partial charge < -0.3 is 10.6 Å². The van der Waals surface area contributed by atoms with Crippen molar-refractivity contribution in [2.24, 2.45) is 12.8 Å². The summed E-state index contributed by atoms with van der Waals surface area (Å²) >= 11 is 0. The van der Waals surface area contributed by atoms with E-state index in [1.54, 1.807) is 6.20 Å². The molecule has 1 heterocycles. The Bertz CT molecular complexity index is 301. The maximum Gasteiger partial charge on any atom is 0.0648 e. The van der Waals surface area contributed by atoms with Crippen LogP contribution in [0.3, 0.4) is 0 Å². The largest absolute Gasteiger partial charge is 0.321 e. The average Bonchev–Trinajstić information content (AvgIpc) is 2.49. The van der Waals surface area contributed by atoms with Crippen molar-refractivity contribution in [2.45, 2.75) is 25.4 Å². The van der Waals surface area contributed by atoms with E-state index in [2.05, 4.69) is 23.8 Å². The lowest BCUT2D eigenvalue weighted by Crippen LogP contribution is -2.47. The molecule has 0 radical (unpaired) electrons. The summed E-state index contributed by atoms with van der Waals surface area (Å²) in [4.78, 5) is 2.13. The van der Waals surface area contributed by atoms with Crippen molar-refractivity contribution in [1.29, 1.82) is 0 Å². The summed E-state index contributed by atoms with van der Waals surface area (Å²) in [5.41, 5.74) is 7.20. The van der Waals surface area contributed by atoms with Crippen molar-refractivity contribution in [3.63, 3.8) is 0 Å². The maximum absolute atomic E-state index is 6.22. The fourth-order valence-electron chi connectivity index (χ4n) is 1.33. The van der Waals surface area contributed by atoms with Crippen LogP contribution in [0.5, 0.6) is 0 Å². The highest BCUT2D eigenvalue weighted by Gasteiger charge is 2.31. The molecule has 4 nitrogen and oxygen atoms in total. The van der Waals surface area contributed by atoms with Crippen LogP contribution in [0.1, 0.15) is 25.6 Å². The van der Waals surface area contributed by atoms with Crippen molar-refractivity contribution in [2.75, 3.05) is 14.1 Å². The van der Waals surface area contributed by atoms with Crippen LogP contribution in [0.15, 0.2) is 12.3 Å². The van der Waals surface area contributed by atoms with Gasteiger partial charge in [-0.3, -0.25) is 4.68 Å². The second kappa shape index (κ2) is 3.71. The second-order valence-corrected chi connectivity index (χ2v) is 4.41. The molecule has 0 amide bonds. The van der Waals surface area contributed by atoms with Crippen molar-refractivity contribution in [3.05, 3.63) is 18.0 Å². The number of aryl methyl sites for hydroxylation is 1. The molecule has 1 aromatic heterocycles. The lowest BCUT2D eigenvalue weighted by atomic mass is 9.91. The summed E-state index contributed by atoms with van der Waals surface area (Å²) < 4.78 is 1.83. The van der Waals surface area contributed by atoms with E-state index in [4.69, 9.17) is 5.73 Å². The Hall–Kier alpha value is -0.870. The normalized spacial score (nSPS) is 14.8. The fraction of sp³-hybridized carbons (Fsp3) is 0.700. The Morgan fingerprint density at radius 1 is 1.50 bits per heavy atom. The smallest absolute Gasteiger partial charge is 0.0648 e. The van der Waals surface area contributed by atoms with Crippen LogP contribution in [-0.4, -0.2) is 34.3 Å². The topological polar surface area (TPSA) is 47.1 Å². The van der Waals surface area contributed by atoms with Gasteiger partial charge in [-0.1, -0.05) is 0 Å². The molecule has 0 spiro atoms. The van der Waals surface area contributed by atoms with Crippen LogP contribution in [0.2, 0.25) is 0 Å². The molecule has 14 heavy (non-hydrogen) atoms. The maximum atomic E-state index is 6.22. The van der Waals surface area contributed by atoms with Crippen LogP contribution >= 0.6 is 0 Å². The number of aromatic nitrogens is 2. The third kappa shape index (κ3) is 1.81. The second-order valence-electron chi connectivity index (χ2n) is 4.41. The number of nitrogens with zero attached hydrogens (tertiary/aromatic N) is 3. The summed E-state index contributed by atoms with van der Waals surface area (Å²) in [5, 5.41) is 4.13. The van der Waals surface area contributed by atoms with E-state index in [0.29, 0.717) is 0 Å². The first kappa shape index (κ1) is 11.2. The Kier molecular flexibility index (Phi) is 2.97. The highest BCUT2D eigenvalue weighted by molar-refractivity contribution is 5.12. The SMILES string of the molecule is CN(C)C(C)(C)C(N)c1ccnn1C. The summed E-state index contributed by atoms with van der Waals surface area (Å²) in [5.74, 6) is 0. The van der Waals surface area contributed by atoms with E-state index >= 15 is 0 Å². The molecule has 0 aliphatic carbocycles. The summed E-state index contributed by atoms with van der Waals surface area (Å²) in [7, 11) is 5.99. The molecule has 1 unspecified atom stereocenters. The molecule has 4 heteroatoms. The standard InChI is InChI=1S/C10H20N4/c1-10(2,13(3)4)9(11)8-6-7-12-14(8)5/h6-7,9H,11H2,1-5H3. The molecule has 80 valence electrons. The zero-order valence-electron chi connectivity index (χ0n) is 9.65. The summed E-state index contributed by atoms with van der Waals surface area (Å²) in [6.45, 7) is 4.26. The van der Waals surface area contributed by atoms with Crippen LogP contribution in [0.4, 0.5) is 0 Å². The molecule has 0 saturated heterocycles. The zero-order valence-corrected chi connectivity index (χ0v) is 9.65. The number of likely N-dealkylation sites (N-methyl/N-ethyl adjacent to an activating group) is 1. The van der Waals surface area contributed by atoms with Crippen LogP contribution < -0.4 is 5.73 Å². The van der Waals surface area contributed by atoms with Crippen LogP contribution in [0.25, 0.3) is 0 Å². The first-order chi connectivity index (χ1) is 6.37. The van der Waals surface area contributed by atoms with E-state index in [9.17, 15) is 0 Å². The van der Waals surface area contributed by atoms with Gasteiger partial charge in [-0.25, -0.2) is 0 Å². The van der Waals surface area contributed by atoms with Gasteiger partial charge in [0.1, 0.15) is 0 Å². The number of hydrogen-bond acceptors (Lipinski definition) is 3. The third-order valence-corrected chi connectivity index (χ3v) is 3.09. The van der Waals surface area contributed by atoms with Crippen molar-refractivity contribution in [1.82, 2.24) is 14.7 Å². The molecule has 0 aromatic carbocycles. The lowest BCUT2D eigenvalue weighted by molar-refractivity contribution is 0.155. The van der Waals surface area contributed by atoms with E-state index < -0.39 is 0 Å². The van der Waals surface area contributed by atoms with Gasteiger partial charge in [0.25, 0.3) is 0 Å². The zero-order chi connectivity index (χ0) is 10.9. The number of hydrogen-bond donors (Lipinski definition) is 1. The van der Waals surface area contributed by atoms with Gasteiger partial charge in [0.2, 0.25) is 0 Å². The van der Waals surface area contributed by atoms with E-state index in [0.717, 1.165) is 5.69 Å². The highest BCUT2D eigenvalue weighted by Crippen LogP contribution is 2.26. The minimum absolute atomic E-state index is 0.0370. The highest BCUT2D eigenvalue weighted by atomic mass is 15.3. The molecule has 0 bridgehead atoms. The predicted octanol–water partition coefficient (Wildman–Crippen LogP) is 0.760. The number of rotatable bonds is 3. The first-order valence-corrected chi connectivity index (χ1v) is 4.78. The molecule has 1 rings (SSSR count). The van der Waals surface area contributed by atoms with Crippen molar-refractivity contribution < 1.29 is 0 Å². The summed E-state index contributed by atoms with van der Waals surface area (Å²) in [6, 6.07) is 1.93. The predicted molar refractivity (Wildman–Crippen MR) is 57.9 cm³/mol. The monoisotopic (exact) mass is 196 g/mol. The molecule has 0 saturated carbocycles. The molecule has 1 aromatic rings. The minimum Gasteiger partial charge on any atom is -0.321 e. The minimum atomic E-state index is -0.0756. The van der Waals surface area contributed by atoms with Crippen LogP contribution in [0, 0.1) is 0 Å². The molecule has 1 atom stereocenters. The Morgan fingerprint density at radius 2 is 2.07 bits per heavy atom. The average molecular weight is 196 g/mol. The molecule has 0 fully saturated rings. The Morgan fingerprint density at radius 3 is 2.43 bits per heavy atom. The van der Waals surface area contributed by atoms with Crippen molar-refractivity contribution in [3.8, 4) is 0 Å². The third-order valence-electron chi connectivity index (χ3n) is 3.09. The van der Waals surface area contributed by atoms with Crippen molar-refractivity contribution >= 4 is 0 Å². The van der Waals surface area contributed by atoms with Gasteiger partial charge in [-0.15, -0.1) is 0 Å². The van der Waals surface area contributed by atoms with Gasteiger partial charge in [0, 0.05) is 18.8 Å². The molecular formula is C10H20N4. The number of nitrogens with two attached hydrogens (primary N) is 1. The lowest BCUT2D eigenvalue weighted by Gasteiger charge is -2.37. The van der Waals surface area contributed by atoms with Gasteiger partial charge in [0.15, 0.2) is 0 Å². The van der Waals surface area contributed by atoms with E-state index in [1.807, 2.05) is 31.9 Å². The van der Waals surface area contributed by atoms with Crippen LogP contribution in [-0.2, 0) is 7.05 Å². The quantitative estimate of drug-likeness (QED) is 0.776. The molecular weight excluding hydrogens is 176 g/mol. The van der Waals surface area contributed by atoms with E-state index in [1.165, 1.54) is 0 Å². The Balaban J connectivity index is 2.96. The Labute approximate surface area is 85.7 Å². The van der Waals surface area contributed by atoms with E-state index in [-0.39, 0.29) is 11.6 Å². The summed E-state index contributed by atoms with van der Waals surface area (Å²) in [6.07, 6.45) is 1.78. The van der Waals surface area contributed by atoms with Gasteiger partial charge >= 0.3 is 0 Å². The van der Waals surface area contributed by atoms with Gasteiger partial charge in [-0.2, -0.15) is 5.10 Å². The first-order valence-electron chi connectivity index (χ1n) is 4.78. The molecule has 0 aliphatic heterocycles. The molecule has 2 N–H and O–H groups in total. The molecule has 0 aliphatic rings.